The minimum atomic E-state index is -0.0958. The van der Waals surface area contributed by atoms with Crippen LogP contribution in [0.2, 0.25) is 5.02 Å². The summed E-state index contributed by atoms with van der Waals surface area (Å²) in [7, 11) is 1.54. The summed E-state index contributed by atoms with van der Waals surface area (Å²) in [4.78, 5) is 12.5. The summed E-state index contributed by atoms with van der Waals surface area (Å²) >= 11 is 6.06. The highest BCUT2D eigenvalue weighted by molar-refractivity contribution is 6.32. The zero-order valence-electron chi connectivity index (χ0n) is 12.1. The largest absolute Gasteiger partial charge is 0.495 e. The van der Waals surface area contributed by atoms with Crippen molar-refractivity contribution in [3.05, 3.63) is 58.6 Å². The van der Waals surface area contributed by atoms with E-state index in [1.807, 2.05) is 19.1 Å². The average Bonchev–Trinajstić information content (AvgIpc) is 2.52. The van der Waals surface area contributed by atoms with Crippen LogP contribution < -0.4 is 9.47 Å². The molecular formula is C17H17ClO3. The zero-order chi connectivity index (χ0) is 15.2. The first-order valence-electron chi connectivity index (χ1n) is 6.76. The molecule has 0 N–H and O–H groups in total. The monoisotopic (exact) mass is 304 g/mol. The lowest BCUT2D eigenvalue weighted by molar-refractivity contribution is 0.103. The molecule has 0 heterocycles. The number of benzene rings is 2. The summed E-state index contributed by atoms with van der Waals surface area (Å²) in [6.07, 6.45) is 0.923. The predicted molar refractivity (Wildman–Crippen MR) is 83.7 cm³/mol. The first kappa shape index (κ1) is 15.4. The Morgan fingerprint density at radius 1 is 1.14 bits per heavy atom. The van der Waals surface area contributed by atoms with Crippen molar-refractivity contribution in [3.8, 4) is 11.5 Å². The number of ether oxygens (including phenoxy) is 2. The number of methoxy groups -OCH3 is 1. The maximum Gasteiger partial charge on any atom is 0.193 e. The number of halogens is 1. The average molecular weight is 305 g/mol. The van der Waals surface area contributed by atoms with Gasteiger partial charge in [-0.05, 0) is 36.8 Å². The smallest absolute Gasteiger partial charge is 0.193 e. The molecule has 0 unspecified atom stereocenters. The van der Waals surface area contributed by atoms with Crippen LogP contribution in [0.4, 0.5) is 0 Å². The highest BCUT2D eigenvalue weighted by Crippen LogP contribution is 2.26. The molecule has 2 aromatic rings. The first-order valence-corrected chi connectivity index (χ1v) is 7.14. The minimum absolute atomic E-state index is 0.0958. The van der Waals surface area contributed by atoms with Gasteiger partial charge in [0.25, 0.3) is 0 Å². The van der Waals surface area contributed by atoms with Crippen LogP contribution in [-0.2, 0) is 0 Å². The van der Waals surface area contributed by atoms with Crippen molar-refractivity contribution >= 4 is 17.4 Å². The van der Waals surface area contributed by atoms with Crippen molar-refractivity contribution in [2.24, 2.45) is 0 Å². The van der Waals surface area contributed by atoms with Gasteiger partial charge in [0.05, 0.1) is 18.7 Å². The summed E-state index contributed by atoms with van der Waals surface area (Å²) in [6.45, 7) is 2.67. The molecule has 0 aliphatic heterocycles. The molecule has 4 heteroatoms. The Bertz CT molecular complexity index is 638. The van der Waals surface area contributed by atoms with Gasteiger partial charge in [-0.15, -0.1) is 0 Å². The second-order valence-electron chi connectivity index (χ2n) is 4.55. The third-order valence-electron chi connectivity index (χ3n) is 2.98. The Balaban J connectivity index is 2.25. The normalized spacial score (nSPS) is 10.2. The molecule has 0 amide bonds. The van der Waals surface area contributed by atoms with Crippen LogP contribution in [0.5, 0.6) is 11.5 Å². The molecule has 0 aliphatic carbocycles. The van der Waals surface area contributed by atoms with Gasteiger partial charge in [-0.1, -0.05) is 30.7 Å². The minimum Gasteiger partial charge on any atom is -0.495 e. The fraction of sp³-hybridized carbons (Fsp3) is 0.235. The second kappa shape index (κ2) is 7.14. The summed E-state index contributed by atoms with van der Waals surface area (Å²) < 4.78 is 10.6. The van der Waals surface area contributed by atoms with Crippen molar-refractivity contribution < 1.29 is 14.3 Å². The molecule has 110 valence electrons. The molecule has 0 saturated carbocycles. The maximum atomic E-state index is 12.5. The van der Waals surface area contributed by atoms with E-state index >= 15 is 0 Å². The number of carbonyl (C=O) groups is 1. The van der Waals surface area contributed by atoms with Gasteiger partial charge in [-0.2, -0.15) is 0 Å². The van der Waals surface area contributed by atoms with Gasteiger partial charge in [0.1, 0.15) is 11.5 Å². The van der Waals surface area contributed by atoms with Gasteiger partial charge in [0.15, 0.2) is 5.78 Å². The summed E-state index contributed by atoms with van der Waals surface area (Å²) in [5.41, 5.74) is 1.10. The van der Waals surface area contributed by atoms with Gasteiger partial charge >= 0.3 is 0 Å². The standard InChI is InChI=1S/C17H17ClO3/c1-3-9-21-14-6-4-5-12(10-14)17(19)13-7-8-16(20-2)15(18)11-13/h4-8,10-11H,3,9H2,1-2H3. The van der Waals surface area contributed by atoms with E-state index in [1.165, 1.54) is 7.11 Å². The third-order valence-corrected chi connectivity index (χ3v) is 3.28. The maximum absolute atomic E-state index is 12.5. The highest BCUT2D eigenvalue weighted by Gasteiger charge is 2.12. The van der Waals surface area contributed by atoms with Crippen molar-refractivity contribution in [2.45, 2.75) is 13.3 Å². The van der Waals surface area contributed by atoms with Crippen LogP contribution >= 0.6 is 11.6 Å². The van der Waals surface area contributed by atoms with Gasteiger partial charge < -0.3 is 9.47 Å². The van der Waals surface area contributed by atoms with Crippen LogP contribution in [0.3, 0.4) is 0 Å². The van der Waals surface area contributed by atoms with E-state index < -0.39 is 0 Å². The Morgan fingerprint density at radius 3 is 2.57 bits per heavy atom. The van der Waals surface area contributed by atoms with Crippen molar-refractivity contribution in [1.29, 1.82) is 0 Å². The fourth-order valence-corrected chi connectivity index (χ4v) is 2.18. The molecule has 0 saturated heterocycles. The molecule has 0 fully saturated rings. The molecule has 2 aromatic carbocycles. The van der Waals surface area contributed by atoms with E-state index in [2.05, 4.69) is 0 Å². The molecule has 3 nitrogen and oxygen atoms in total. The molecular weight excluding hydrogens is 288 g/mol. The van der Waals surface area contributed by atoms with Crippen LogP contribution in [0.15, 0.2) is 42.5 Å². The lowest BCUT2D eigenvalue weighted by Crippen LogP contribution is -2.03. The Morgan fingerprint density at radius 2 is 1.90 bits per heavy atom. The number of hydrogen-bond donors (Lipinski definition) is 0. The number of ketones is 1. The Hall–Kier alpha value is -2.00. The summed E-state index contributed by atoms with van der Waals surface area (Å²) in [5.74, 6) is 1.15. The second-order valence-corrected chi connectivity index (χ2v) is 4.96. The van der Waals surface area contributed by atoms with E-state index in [-0.39, 0.29) is 5.78 Å². The fourth-order valence-electron chi connectivity index (χ4n) is 1.92. The highest BCUT2D eigenvalue weighted by atomic mass is 35.5. The number of carbonyl (C=O) groups excluding carboxylic acids is 1. The SMILES string of the molecule is CCCOc1cccc(C(=O)c2ccc(OC)c(Cl)c2)c1. The lowest BCUT2D eigenvalue weighted by Gasteiger charge is -2.08. The topological polar surface area (TPSA) is 35.5 Å². The van der Waals surface area contributed by atoms with E-state index in [0.717, 1.165) is 6.42 Å². The van der Waals surface area contributed by atoms with Gasteiger partial charge in [0.2, 0.25) is 0 Å². The zero-order valence-corrected chi connectivity index (χ0v) is 12.8. The molecule has 0 aliphatic rings. The Kier molecular flexibility index (Phi) is 5.23. The number of hydrogen-bond acceptors (Lipinski definition) is 3. The van der Waals surface area contributed by atoms with Crippen molar-refractivity contribution in [3.63, 3.8) is 0 Å². The van der Waals surface area contributed by atoms with Crippen LogP contribution in [-0.4, -0.2) is 19.5 Å². The molecule has 0 atom stereocenters. The number of rotatable bonds is 6. The van der Waals surface area contributed by atoms with Crippen molar-refractivity contribution in [1.82, 2.24) is 0 Å². The Labute approximate surface area is 129 Å². The third kappa shape index (κ3) is 3.76. The first-order chi connectivity index (χ1) is 10.2. The van der Waals surface area contributed by atoms with Gasteiger partial charge in [-0.25, -0.2) is 0 Å². The van der Waals surface area contributed by atoms with Gasteiger partial charge in [-0.3, -0.25) is 4.79 Å². The van der Waals surface area contributed by atoms with E-state index in [9.17, 15) is 4.79 Å². The van der Waals surface area contributed by atoms with E-state index in [1.54, 1.807) is 30.3 Å². The molecule has 0 aromatic heterocycles. The van der Waals surface area contributed by atoms with Crippen molar-refractivity contribution in [2.75, 3.05) is 13.7 Å². The molecule has 2 rings (SSSR count). The summed E-state index contributed by atoms with van der Waals surface area (Å²) in [6, 6.07) is 12.2. The molecule has 0 radical (unpaired) electrons. The predicted octanol–water partition coefficient (Wildman–Crippen LogP) is 4.37. The van der Waals surface area contributed by atoms with Crippen LogP contribution in [0.1, 0.15) is 29.3 Å². The summed E-state index contributed by atoms with van der Waals surface area (Å²) in [5, 5.41) is 0.418. The quantitative estimate of drug-likeness (QED) is 0.743. The van der Waals surface area contributed by atoms with E-state index in [4.69, 9.17) is 21.1 Å². The lowest BCUT2D eigenvalue weighted by atomic mass is 10.0. The molecule has 0 spiro atoms. The van der Waals surface area contributed by atoms with Crippen LogP contribution in [0, 0.1) is 0 Å². The van der Waals surface area contributed by atoms with Gasteiger partial charge in [0, 0.05) is 11.1 Å². The van der Waals surface area contributed by atoms with E-state index in [0.29, 0.717) is 34.3 Å². The van der Waals surface area contributed by atoms with Crippen LogP contribution in [0.25, 0.3) is 0 Å². The molecule has 0 bridgehead atoms. The molecule has 21 heavy (non-hydrogen) atoms.